The average Bonchev–Trinajstić information content (AvgIpc) is 2.57. The summed E-state index contributed by atoms with van der Waals surface area (Å²) in [6.45, 7) is 1.61. The van der Waals surface area contributed by atoms with E-state index in [1.807, 2.05) is 11.0 Å². The molecule has 2 aliphatic rings. The first-order chi connectivity index (χ1) is 11.0. The molecular weight excluding hydrogens is 335 g/mol. The molecule has 1 amide bonds. The summed E-state index contributed by atoms with van der Waals surface area (Å²) in [5.41, 5.74) is 6.63. The Bertz CT molecular complexity index is 588. The van der Waals surface area contributed by atoms with Crippen molar-refractivity contribution in [3.8, 4) is 0 Å². The van der Waals surface area contributed by atoms with Gasteiger partial charge in [-0.1, -0.05) is 48.5 Å². The Labute approximate surface area is 146 Å². The minimum absolute atomic E-state index is 0.0607. The maximum absolute atomic E-state index is 12.9. The summed E-state index contributed by atoms with van der Waals surface area (Å²) in [6, 6.07) is 5.46. The summed E-state index contributed by atoms with van der Waals surface area (Å²) < 4.78 is 5.82. The number of rotatable bonds is 2. The quantitative estimate of drug-likeness (QED) is 0.881. The van der Waals surface area contributed by atoms with Crippen molar-refractivity contribution in [3.05, 3.63) is 33.8 Å². The summed E-state index contributed by atoms with van der Waals surface area (Å²) in [6.07, 6.45) is 4.60. The lowest BCUT2D eigenvalue weighted by atomic mass is 9.81. The van der Waals surface area contributed by atoms with Gasteiger partial charge in [-0.15, -0.1) is 0 Å². The number of carbonyl (C=O) groups excluding carboxylic acids is 1. The fourth-order valence-corrected chi connectivity index (χ4v) is 3.77. The van der Waals surface area contributed by atoms with Crippen LogP contribution in [0.1, 0.15) is 43.8 Å². The van der Waals surface area contributed by atoms with Crippen LogP contribution in [0.5, 0.6) is 0 Å². The van der Waals surface area contributed by atoms with Crippen molar-refractivity contribution in [1.29, 1.82) is 0 Å². The Morgan fingerprint density at radius 2 is 1.96 bits per heavy atom. The Balaban J connectivity index is 1.72. The molecule has 1 atom stereocenters. The molecule has 1 saturated heterocycles. The number of carbonyl (C=O) groups is 1. The third-order valence-corrected chi connectivity index (χ3v) is 5.58. The highest BCUT2D eigenvalue weighted by Gasteiger charge is 2.40. The number of benzene rings is 1. The van der Waals surface area contributed by atoms with Gasteiger partial charge in [-0.05, 0) is 30.5 Å². The largest absolute Gasteiger partial charge is 0.370 e. The van der Waals surface area contributed by atoms with E-state index in [-0.39, 0.29) is 12.0 Å². The fourth-order valence-electron chi connectivity index (χ4n) is 3.46. The maximum Gasteiger partial charge on any atom is 0.242 e. The molecule has 2 N–H and O–H groups in total. The lowest BCUT2D eigenvalue weighted by Gasteiger charge is -2.40. The van der Waals surface area contributed by atoms with Gasteiger partial charge in [0.1, 0.15) is 6.10 Å². The van der Waals surface area contributed by atoms with E-state index in [2.05, 4.69) is 0 Å². The van der Waals surface area contributed by atoms with E-state index in [4.69, 9.17) is 33.7 Å². The van der Waals surface area contributed by atoms with E-state index in [0.717, 1.165) is 31.2 Å². The molecule has 0 bridgehead atoms. The smallest absolute Gasteiger partial charge is 0.242 e. The Kier molecular flexibility index (Phi) is 5.16. The monoisotopic (exact) mass is 356 g/mol. The Morgan fingerprint density at radius 1 is 1.22 bits per heavy atom. The second kappa shape index (κ2) is 6.98. The van der Waals surface area contributed by atoms with Crippen LogP contribution >= 0.6 is 23.2 Å². The molecule has 1 aromatic rings. The van der Waals surface area contributed by atoms with Crippen LogP contribution in [0.25, 0.3) is 0 Å². The van der Waals surface area contributed by atoms with Crippen molar-refractivity contribution in [1.82, 2.24) is 4.90 Å². The highest BCUT2D eigenvalue weighted by Crippen LogP contribution is 2.32. The molecule has 1 aliphatic heterocycles. The minimum atomic E-state index is -0.697. The number of halogens is 2. The van der Waals surface area contributed by atoms with Crippen LogP contribution in [0, 0.1) is 0 Å². The molecule has 1 saturated carbocycles. The number of morpholine rings is 1. The number of nitrogens with zero attached hydrogens (tertiary/aromatic N) is 1. The first kappa shape index (κ1) is 17.0. The van der Waals surface area contributed by atoms with Gasteiger partial charge in [0.05, 0.1) is 28.7 Å². The van der Waals surface area contributed by atoms with Crippen molar-refractivity contribution in [3.63, 3.8) is 0 Å². The van der Waals surface area contributed by atoms with Crippen molar-refractivity contribution < 1.29 is 9.53 Å². The molecule has 1 aromatic carbocycles. The number of hydrogen-bond donors (Lipinski definition) is 1. The van der Waals surface area contributed by atoms with E-state index in [1.54, 1.807) is 12.1 Å². The SMILES string of the molecule is NC1(C(=O)N2CCOC(c3ccc(Cl)c(Cl)c3)C2)CCCCC1. The molecule has 2 fully saturated rings. The van der Waals surface area contributed by atoms with Crippen molar-refractivity contribution in [2.45, 2.75) is 43.7 Å². The van der Waals surface area contributed by atoms with Gasteiger partial charge in [0.15, 0.2) is 0 Å². The van der Waals surface area contributed by atoms with Crippen LogP contribution in [0.2, 0.25) is 10.0 Å². The van der Waals surface area contributed by atoms with Gasteiger partial charge in [-0.25, -0.2) is 0 Å². The Morgan fingerprint density at radius 3 is 2.65 bits per heavy atom. The minimum Gasteiger partial charge on any atom is -0.370 e. The van der Waals surface area contributed by atoms with Crippen molar-refractivity contribution >= 4 is 29.1 Å². The molecule has 0 aromatic heterocycles. The zero-order chi connectivity index (χ0) is 16.4. The number of ether oxygens (including phenoxy) is 1. The normalized spacial score (nSPS) is 24.5. The van der Waals surface area contributed by atoms with Crippen LogP contribution in [0.3, 0.4) is 0 Å². The Hall–Kier alpha value is -0.810. The molecule has 23 heavy (non-hydrogen) atoms. The first-order valence-corrected chi connectivity index (χ1v) is 8.90. The molecule has 1 heterocycles. The zero-order valence-electron chi connectivity index (χ0n) is 13.1. The topological polar surface area (TPSA) is 55.6 Å². The lowest BCUT2D eigenvalue weighted by Crippen LogP contribution is -2.58. The van der Waals surface area contributed by atoms with Crippen molar-refractivity contribution in [2.24, 2.45) is 5.73 Å². The summed E-state index contributed by atoms with van der Waals surface area (Å²) in [5.74, 6) is 0.0607. The number of amides is 1. The molecule has 126 valence electrons. The standard InChI is InChI=1S/C17H22Cl2N2O2/c18-13-5-4-12(10-14(13)19)15-11-21(8-9-23-15)16(22)17(20)6-2-1-3-7-17/h4-5,10,15H,1-3,6-9,11,20H2. The third-order valence-electron chi connectivity index (χ3n) is 4.84. The second-order valence-electron chi connectivity index (χ2n) is 6.50. The van der Waals surface area contributed by atoms with E-state index < -0.39 is 5.54 Å². The summed E-state index contributed by atoms with van der Waals surface area (Å²) in [7, 11) is 0. The van der Waals surface area contributed by atoms with Gasteiger partial charge in [0.2, 0.25) is 5.91 Å². The molecule has 4 nitrogen and oxygen atoms in total. The molecule has 3 rings (SSSR count). The van der Waals surface area contributed by atoms with Crippen molar-refractivity contribution in [2.75, 3.05) is 19.7 Å². The van der Waals surface area contributed by atoms with E-state index >= 15 is 0 Å². The molecule has 6 heteroatoms. The van der Waals surface area contributed by atoms with Gasteiger partial charge in [-0.3, -0.25) is 4.79 Å². The summed E-state index contributed by atoms with van der Waals surface area (Å²) >= 11 is 12.1. The third kappa shape index (κ3) is 3.66. The van der Waals surface area contributed by atoms with Gasteiger partial charge >= 0.3 is 0 Å². The van der Waals surface area contributed by atoms with Crippen LogP contribution < -0.4 is 5.73 Å². The highest BCUT2D eigenvalue weighted by atomic mass is 35.5. The van der Waals surface area contributed by atoms with Crippen LogP contribution in [0.4, 0.5) is 0 Å². The number of hydrogen-bond acceptors (Lipinski definition) is 3. The second-order valence-corrected chi connectivity index (χ2v) is 7.32. The molecule has 0 radical (unpaired) electrons. The predicted molar refractivity (Wildman–Crippen MR) is 91.7 cm³/mol. The molecule has 1 unspecified atom stereocenters. The predicted octanol–water partition coefficient (Wildman–Crippen LogP) is 3.55. The fraction of sp³-hybridized carbons (Fsp3) is 0.588. The van der Waals surface area contributed by atoms with Gasteiger partial charge in [0, 0.05) is 6.54 Å². The van der Waals surface area contributed by atoms with Crippen LogP contribution in [-0.4, -0.2) is 36.0 Å². The average molecular weight is 357 g/mol. The van der Waals surface area contributed by atoms with E-state index in [1.165, 1.54) is 6.42 Å². The highest BCUT2D eigenvalue weighted by molar-refractivity contribution is 6.42. The summed E-state index contributed by atoms with van der Waals surface area (Å²) in [5, 5.41) is 1.01. The van der Waals surface area contributed by atoms with Gasteiger partial charge < -0.3 is 15.4 Å². The zero-order valence-corrected chi connectivity index (χ0v) is 14.6. The summed E-state index contributed by atoms with van der Waals surface area (Å²) in [4.78, 5) is 14.7. The van der Waals surface area contributed by atoms with E-state index in [9.17, 15) is 4.79 Å². The molecule has 0 spiro atoms. The maximum atomic E-state index is 12.9. The van der Waals surface area contributed by atoms with Crippen LogP contribution in [-0.2, 0) is 9.53 Å². The van der Waals surface area contributed by atoms with Crippen LogP contribution in [0.15, 0.2) is 18.2 Å². The first-order valence-electron chi connectivity index (χ1n) is 8.14. The van der Waals surface area contributed by atoms with E-state index in [0.29, 0.717) is 29.7 Å². The van der Waals surface area contributed by atoms with Gasteiger partial charge in [-0.2, -0.15) is 0 Å². The van der Waals surface area contributed by atoms with Gasteiger partial charge in [0.25, 0.3) is 0 Å². The molecule has 1 aliphatic carbocycles. The lowest BCUT2D eigenvalue weighted by molar-refractivity contribution is -0.146. The number of nitrogens with two attached hydrogens (primary N) is 1. The molecular formula is C17H22Cl2N2O2.